The van der Waals surface area contributed by atoms with Crippen LogP contribution in [0.3, 0.4) is 0 Å². The molecule has 1 aliphatic heterocycles. The summed E-state index contributed by atoms with van der Waals surface area (Å²) in [5, 5.41) is 0. The Hall–Kier alpha value is -1.26. The number of thioether (sulfide) groups is 1. The summed E-state index contributed by atoms with van der Waals surface area (Å²) in [6.07, 6.45) is 2.82. The molecule has 1 fully saturated rings. The molecule has 0 aliphatic carbocycles. The third kappa shape index (κ3) is 4.89. The molecule has 0 bridgehead atoms. The molecule has 0 saturated carbocycles. The highest BCUT2D eigenvalue weighted by Crippen LogP contribution is 2.20. The van der Waals surface area contributed by atoms with Gasteiger partial charge in [-0.05, 0) is 31.6 Å². The van der Waals surface area contributed by atoms with Crippen LogP contribution in [0.1, 0.15) is 13.3 Å². The number of nitrogens with zero attached hydrogens (tertiary/aromatic N) is 2. The first kappa shape index (κ1) is 17.1. The molecule has 1 aromatic carbocycles. The molecule has 2 rings (SSSR count). The van der Waals surface area contributed by atoms with Crippen molar-refractivity contribution in [2.75, 3.05) is 38.5 Å². The lowest BCUT2D eigenvalue weighted by molar-refractivity contribution is -0.134. The van der Waals surface area contributed by atoms with E-state index in [9.17, 15) is 4.79 Å². The molecule has 0 aromatic heterocycles. The zero-order chi connectivity index (χ0) is 15.8. The fourth-order valence-corrected chi connectivity index (χ4v) is 3.71. The van der Waals surface area contributed by atoms with Gasteiger partial charge in [-0.3, -0.25) is 4.79 Å². The number of hydrogen-bond acceptors (Lipinski definition) is 3. The summed E-state index contributed by atoms with van der Waals surface area (Å²) in [5.41, 5.74) is 0. The second-order valence-electron chi connectivity index (χ2n) is 5.61. The first-order valence-corrected chi connectivity index (χ1v) is 9.03. The van der Waals surface area contributed by atoms with Crippen molar-refractivity contribution in [3.05, 3.63) is 43.0 Å². The fraction of sp³-hybridized carbons (Fsp3) is 0.500. The molecule has 0 N–H and O–H groups in total. The topological polar surface area (TPSA) is 23.6 Å². The number of benzene rings is 1. The summed E-state index contributed by atoms with van der Waals surface area (Å²) in [4.78, 5) is 18.3. The second kappa shape index (κ2) is 9.01. The van der Waals surface area contributed by atoms with Gasteiger partial charge in [0.2, 0.25) is 5.91 Å². The SMILES string of the molecule is C=CCN(CCSc1ccccc1)C(=O)[C@H]1CCN(CC)C1. The summed E-state index contributed by atoms with van der Waals surface area (Å²) < 4.78 is 0. The molecule has 120 valence electrons. The third-order valence-electron chi connectivity index (χ3n) is 4.10. The molecular formula is C18H26N2OS. The minimum absolute atomic E-state index is 0.168. The normalized spacial score (nSPS) is 18.3. The first-order chi connectivity index (χ1) is 10.7. The molecular weight excluding hydrogens is 292 g/mol. The Bertz CT molecular complexity index is 477. The van der Waals surface area contributed by atoms with Crippen molar-refractivity contribution in [3.8, 4) is 0 Å². The van der Waals surface area contributed by atoms with Gasteiger partial charge in [-0.25, -0.2) is 0 Å². The highest BCUT2D eigenvalue weighted by atomic mass is 32.2. The summed E-state index contributed by atoms with van der Waals surface area (Å²) in [6.45, 7) is 10.4. The van der Waals surface area contributed by atoms with Crippen molar-refractivity contribution < 1.29 is 4.79 Å². The first-order valence-electron chi connectivity index (χ1n) is 8.04. The number of rotatable bonds is 8. The van der Waals surface area contributed by atoms with E-state index in [2.05, 4.69) is 30.5 Å². The number of carbonyl (C=O) groups is 1. The molecule has 0 spiro atoms. The zero-order valence-electron chi connectivity index (χ0n) is 13.4. The Kier molecular flexibility index (Phi) is 7.00. The van der Waals surface area contributed by atoms with Gasteiger partial charge in [-0.2, -0.15) is 0 Å². The van der Waals surface area contributed by atoms with Crippen molar-refractivity contribution in [2.24, 2.45) is 5.92 Å². The largest absolute Gasteiger partial charge is 0.338 e. The van der Waals surface area contributed by atoms with E-state index in [0.29, 0.717) is 12.5 Å². The molecule has 1 atom stereocenters. The van der Waals surface area contributed by atoms with Crippen molar-refractivity contribution in [3.63, 3.8) is 0 Å². The molecule has 4 heteroatoms. The molecule has 1 amide bonds. The van der Waals surface area contributed by atoms with Crippen LogP contribution in [0.4, 0.5) is 0 Å². The highest BCUT2D eigenvalue weighted by Gasteiger charge is 2.30. The van der Waals surface area contributed by atoms with E-state index in [-0.39, 0.29) is 5.92 Å². The highest BCUT2D eigenvalue weighted by molar-refractivity contribution is 7.99. The molecule has 1 saturated heterocycles. The van der Waals surface area contributed by atoms with E-state index in [1.807, 2.05) is 29.2 Å². The van der Waals surface area contributed by atoms with E-state index in [0.717, 1.165) is 38.4 Å². The van der Waals surface area contributed by atoms with Gasteiger partial charge in [-0.1, -0.05) is 31.2 Å². The zero-order valence-corrected chi connectivity index (χ0v) is 14.2. The molecule has 1 heterocycles. The van der Waals surface area contributed by atoms with Crippen LogP contribution in [0.15, 0.2) is 47.9 Å². The van der Waals surface area contributed by atoms with E-state index in [1.165, 1.54) is 4.90 Å². The number of carbonyl (C=O) groups excluding carboxylic acids is 1. The Morgan fingerprint density at radius 1 is 1.45 bits per heavy atom. The average molecular weight is 318 g/mol. The van der Waals surface area contributed by atoms with Crippen LogP contribution in [-0.4, -0.2) is 54.2 Å². The summed E-state index contributed by atoms with van der Waals surface area (Å²) in [5.74, 6) is 1.39. The standard InChI is InChI=1S/C18H26N2OS/c1-3-11-20(13-14-22-17-8-6-5-7-9-17)18(21)16-10-12-19(4-2)15-16/h3,5-9,16H,1,4,10-15H2,2H3/t16-/m0/s1. The van der Waals surface area contributed by atoms with Gasteiger partial charge in [0.25, 0.3) is 0 Å². The van der Waals surface area contributed by atoms with Gasteiger partial charge in [0.05, 0.1) is 5.92 Å². The number of amides is 1. The lowest BCUT2D eigenvalue weighted by atomic mass is 10.1. The fourth-order valence-electron chi connectivity index (χ4n) is 2.82. The van der Waals surface area contributed by atoms with Crippen molar-refractivity contribution in [2.45, 2.75) is 18.2 Å². The number of hydrogen-bond donors (Lipinski definition) is 0. The minimum Gasteiger partial charge on any atom is -0.338 e. The molecule has 0 unspecified atom stereocenters. The van der Waals surface area contributed by atoms with Crippen molar-refractivity contribution >= 4 is 17.7 Å². The van der Waals surface area contributed by atoms with Crippen LogP contribution in [0.2, 0.25) is 0 Å². The third-order valence-corrected chi connectivity index (χ3v) is 5.10. The van der Waals surface area contributed by atoms with Crippen LogP contribution in [-0.2, 0) is 4.79 Å². The molecule has 3 nitrogen and oxygen atoms in total. The lowest BCUT2D eigenvalue weighted by Gasteiger charge is -2.24. The maximum absolute atomic E-state index is 12.7. The average Bonchev–Trinajstić information content (AvgIpc) is 3.03. The predicted molar refractivity (Wildman–Crippen MR) is 94.2 cm³/mol. The van der Waals surface area contributed by atoms with E-state index in [4.69, 9.17) is 0 Å². The Morgan fingerprint density at radius 3 is 2.86 bits per heavy atom. The van der Waals surface area contributed by atoms with Gasteiger partial charge in [-0.15, -0.1) is 18.3 Å². The van der Waals surface area contributed by atoms with Crippen LogP contribution in [0.25, 0.3) is 0 Å². The van der Waals surface area contributed by atoms with Crippen LogP contribution in [0, 0.1) is 5.92 Å². The van der Waals surface area contributed by atoms with Gasteiger partial charge in [0.15, 0.2) is 0 Å². The lowest BCUT2D eigenvalue weighted by Crippen LogP contribution is -2.39. The smallest absolute Gasteiger partial charge is 0.227 e. The van der Waals surface area contributed by atoms with E-state index < -0.39 is 0 Å². The van der Waals surface area contributed by atoms with Crippen molar-refractivity contribution in [1.29, 1.82) is 0 Å². The monoisotopic (exact) mass is 318 g/mol. The molecule has 1 aromatic rings. The predicted octanol–water partition coefficient (Wildman–Crippen LogP) is 3.14. The second-order valence-corrected chi connectivity index (χ2v) is 6.78. The quantitative estimate of drug-likeness (QED) is 0.543. The Morgan fingerprint density at radius 2 is 2.23 bits per heavy atom. The van der Waals surface area contributed by atoms with Gasteiger partial charge in [0, 0.05) is 30.3 Å². The maximum Gasteiger partial charge on any atom is 0.227 e. The summed E-state index contributed by atoms with van der Waals surface area (Å²) in [7, 11) is 0. The summed E-state index contributed by atoms with van der Waals surface area (Å²) >= 11 is 1.80. The van der Waals surface area contributed by atoms with Gasteiger partial charge in [0.1, 0.15) is 0 Å². The summed E-state index contributed by atoms with van der Waals surface area (Å²) in [6, 6.07) is 10.3. The molecule has 1 aliphatic rings. The van der Waals surface area contributed by atoms with Gasteiger partial charge < -0.3 is 9.80 Å². The molecule has 22 heavy (non-hydrogen) atoms. The maximum atomic E-state index is 12.7. The van der Waals surface area contributed by atoms with Crippen LogP contribution in [0.5, 0.6) is 0 Å². The Labute approximate surface area is 138 Å². The molecule has 0 radical (unpaired) electrons. The van der Waals surface area contributed by atoms with Gasteiger partial charge >= 0.3 is 0 Å². The van der Waals surface area contributed by atoms with E-state index >= 15 is 0 Å². The van der Waals surface area contributed by atoms with E-state index in [1.54, 1.807) is 11.8 Å². The van der Waals surface area contributed by atoms with Crippen LogP contribution < -0.4 is 0 Å². The van der Waals surface area contributed by atoms with Crippen LogP contribution >= 0.6 is 11.8 Å². The minimum atomic E-state index is 0.168. The Balaban J connectivity index is 1.83. The van der Waals surface area contributed by atoms with Crippen molar-refractivity contribution in [1.82, 2.24) is 9.80 Å². The number of likely N-dealkylation sites (tertiary alicyclic amines) is 1.